The maximum Gasteiger partial charge on any atom is 0.337 e. The molecule has 0 saturated heterocycles. The lowest BCUT2D eigenvalue weighted by atomic mass is 10.0. The number of nitrogens with one attached hydrogen (secondary N) is 3. The molecule has 0 aromatic heterocycles. The third-order valence-electron chi connectivity index (χ3n) is 4.41. The van der Waals surface area contributed by atoms with Crippen LogP contribution in [0.4, 0.5) is 10.5 Å². The minimum Gasteiger partial charge on any atom is -0.461 e. The highest BCUT2D eigenvalue weighted by atomic mass is 16.5. The van der Waals surface area contributed by atoms with Gasteiger partial charge in [0, 0.05) is 25.7 Å². The van der Waals surface area contributed by atoms with Crippen molar-refractivity contribution < 1.29 is 28.7 Å². The van der Waals surface area contributed by atoms with Gasteiger partial charge in [-0.25, -0.2) is 9.79 Å². The second kappa shape index (κ2) is 13.6. The van der Waals surface area contributed by atoms with E-state index in [2.05, 4.69) is 20.9 Å². The first-order valence-corrected chi connectivity index (χ1v) is 10.4. The fourth-order valence-electron chi connectivity index (χ4n) is 2.78. The van der Waals surface area contributed by atoms with Crippen LogP contribution in [0.5, 0.6) is 0 Å². The number of carbonyl (C=O) groups excluding carboxylic acids is 5. The molecule has 5 amide bonds. The van der Waals surface area contributed by atoms with Crippen molar-refractivity contribution in [2.45, 2.75) is 59.2 Å². The highest BCUT2D eigenvalue weighted by molar-refractivity contribution is 5.98. The van der Waals surface area contributed by atoms with E-state index in [0.717, 1.165) is 5.56 Å². The van der Waals surface area contributed by atoms with Gasteiger partial charge in [-0.1, -0.05) is 26.0 Å². The number of hydrogen-bond acceptors (Lipinski definition) is 6. The molecule has 0 heterocycles. The first-order valence-electron chi connectivity index (χ1n) is 10.4. The number of rotatable bonds is 11. The van der Waals surface area contributed by atoms with E-state index < -0.39 is 35.9 Å². The van der Waals surface area contributed by atoms with Crippen LogP contribution in [0, 0.1) is 5.92 Å². The molecule has 0 aliphatic heterocycles. The van der Waals surface area contributed by atoms with Gasteiger partial charge in [-0.3, -0.25) is 19.2 Å². The molecule has 0 radical (unpaired) electrons. The Kier molecular flexibility index (Phi) is 11.2. The van der Waals surface area contributed by atoms with Gasteiger partial charge in [0.15, 0.2) is 0 Å². The summed E-state index contributed by atoms with van der Waals surface area (Å²) in [6.07, 6.45) is 1.62. The Labute approximate surface area is 192 Å². The maximum absolute atomic E-state index is 12.9. The van der Waals surface area contributed by atoms with E-state index in [1.54, 1.807) is 38.1 Å². The van der Waals surface area contributed by atoms with E-state index in [0.29, 0.717) is 5.69 Å². The van der Waals surface area contributed by atoms with Gasteiger partial charge < -0.3 is 26.4 Å². The van der Waals surface area contributed by atoms with Gasteiger partial charge >= 0.3 is 12.0 Å². The number of ether oxygens (including phenoxy) is 1. The summed E-state index contributed by atoms with van der Waals surface area (Å²) in [6, 6.07) is 4.01. The largest absolute Gasteiger partial charge is 0.461 e. The molecule has 1 aromatic carbocycles. The van der Waals surface area contributed by atoms with Crippen molar-refractivity contribution in [3.8, 4) is 0 Å². The lowest BCUT2D eigenvalue weighted by Crippen LogP contribution is -2.54. The molecule has 0 unspecified atom stereocenters. The molecule has 0 bridgehead atoms. The van der Waals surface area contributed by atoms with Crippen molar-refractivity contribution >= 4 is 41.6 Å². The van der Waals surface area contributed by atoms with Crippen LogP contribution in [0.15, 0.2) is 29.3 Å². The molecule has 1 rings (SSSR count). The van der Waals surface area contributed by atoms with E-state index in [4.69, 9.17) is 10.5 Å². The van der Waals surface area contributed by atoms with Gasteiger partial charge in [0.2, 0.25) is 17.7 Å². The second-order valence-electron chi connectivity index (χ2n) is 7.68. The molecule has 0 aliphatic carbocycles. The van der Waals surface area contributed by atoms with E-state index in [1.807, 2.05) is 0 Å². The molecule has 2 atom stereocenters. The van der Waals surface area contributed by atoms with Crippen LogP contribution in [0.25, 0.3) is 0 Å². The van der Waals surface area contributed by atoms with Crippen LogP contribution in [-0.2, 0) is 30.5 Å². The molecule has 11 heteroatoms. The third-order valence-corrected chi connectivity index (χ3v) is 4.41. The molecule has 33 heavy (non-hydrogen) atoms. The topological polar surface area (TPSA) is 169 Å². The van der Waals surface area contributed by atoms with Gasteiger partial charge in [0.1, 0.15) is 18.7 Å². The Morgan fingerprint density at radius 1 is 1.03 bits per heavy atom. The fraction of sp³-hybridized carbons (Fsp3) is 0.455. The SMILES string of the molecule is CC(=O)N[C@H](C(=O)N[C@@H](CCC=NC(N)=O)C(=O)Nc1ccc(COC(C)=O)cc1)C(C)C. The van der Waals surface area contributed by atoms with E-state index in [-0.39, 0.29) is 31.3 Å². The number of hydrogen-bond donors (Lipinski definition) is 4. The molecule has 5 N–H and O–H groups in total. The zero-order valence-electron chi connectivity index (χ0n) is 19.2. The second-order valence-corrected chi connectivity index (χ2v) is 7.68. The van der Waals surface area contributed by atoms with Gasteiger partial charge in [0.05, 0.1) is 0 Å². The number of nitrogens with zero attached hydrogens (tertiary/aromatic N) is 1. The van der Waals surface area contributed by atoms with Crippen molar-refractivity contribution in [2.24, 2.45) is 16.6 Å². The fourth-order valence-corrected chi connectivity index (χ4v) is 2.78. The number of urea groups is 1. The number of carbonyl (C=O) groups is 5. The molecular formula is C22H31N5O6. The molecule has 0 fully saturated rings. The van der Waals surface area contributed by atoms with E-state index in [1.165, 1.54) is 20.1 Å². The Morgan fingerprint density at radius 3 is 2.18 bits per heavy atom. The Hall–Kier alpha value is -3.76. The maximum atomic E-state index is 12.9. The van der Waals surface area contributed by atoms with Crippen molar-refractivity contribution in [1.82, 2.24) is 10.6 Å². The molecule has 1 aromatic rings. The van der Waals surface area contributed by atoms with Crippen LogP contribution in [0.3, 0.4) is 0 Å². The van der Waals surface area contributed by atoms with Crippen molar-refractivity contribution in [2.75, 3.05) is 5.32 Å². The number of aliphatic imine (C=N–C) groups is 1. The van der Waals surface area contributed by atoms with Crippen LogP contribution in [-0.4, -0.2) is 48.0 Å². The first-order chi connectivity index (χ1) is 15.5. The Morgan fingerprint density at radius 2 is 1.67 bits per heavy atom. The van der Waals surface area contributed by atoms with Crippen molar-refractivity contribution in [3.63, 3.8) is 0 Å². The highest BCUT2D eigenvalue weighted by Gasteiger charge is 2.28. The summed E-state index contributed by atoms with van der Waals surface area (Å²) in [6.45, 7) is 6.27. The van der Waals surface area contributed by atoms with Crippen molar-refractivity contribution in [1.29, 1.82) is 0 Å². The molecular weight excluding hydrogens is 430 g/mol. The first kappa shape index (κ1) is 27.3. The minimum absolute atomic E-state index is 0.112. The summed E-state index contributed by atoms with van der Waals surface area (Å²) in [4.78, 5) is 62.2. The van der Waals surface area contributed by atoms with Crippen LogP contribution < -0.4 is 21.7 Å². The molecule has 0 saturated carbocycles. The number of benzene rings is 1. The number of nitrogens with two attached hydrogens (primary N) is 1. The summed E-state index contributed by atoms with van der Waals surface area (Å²) >= 11 is 0. The van der Waals surface area contributed by atoms with Gasteiger partial charge in [0.25, 0.3) is 0 Å². The average molecular weight is 462 g/mol. The van der Waals surface area contributed by atoms with Crippen LogP contribution in [0.1, 0.15) is 46.1 Å². The number of anilines is 1. The Balaban J connectivity index is 2.91. The predicted molar refractivity (Wildman–Crippen MR) is 122 cm³/mol. The molecule has 0 aliphatic rings. The molecule has 0 spiro atoms. The van der Waals surface area contributed by atoms with Crippen molar-refractivity contribution in [3.05, 3.63) is 29.8 Å². The van der Waals surface area contributed by atoms with Gasteiger partial charge in [-0.05, 0) is 36.5 Å². The number of esters is 1. The van der Waals surface area contributed by atoms with Crippen LogP contribution >= 0.6 is 0 Å². The highest BCUT2D eigenvalue weighted by Crippen LogP contribution is 2.12. The molecule has 180 valence electrons. The summed E-state index contributed by atoms with van der Waals surface area (Å²) in [7, 11) is 0. The summed E-state index contributed by atoms with van der Waals surface area (Å²) in [5.41, 5.74) is 6.18. The summed E-state index contributed by atoms with van der Waals surface area (Å²) < 4.78 is 4.92. The Bertz CT molecular complexity index is 882. The summed E-state index contributed by atoms with van der Waals surface area (Å²) in [5.74, 6) is -1.98. The third kappa shape index (κ3) is 10.9. The number of primary amides is 1. The smallest absolute Gasteiger partial charge is 0.337 e. The van der Waals surface area contributed by atoms with E-state index >= 15 is 0 Å². The monoisotopic (exact) mass is 461 g/mol. The number of amides is 5. The molecule has 11 nitrogen and oxygen atoms in total. The van der Waals surface area contributed by atoms with Gasteiger partial charge in [-0.2, -0.15) is 0 Å². The van der Waals surface area contributed by atoms with Gasteiger partial charge in [-0.15, -0.1) is 0 Å². The summed E-state index contributed by atoms with van der Waals surface area (Å²) in [5, 5.41) is 7.94. The van der Waals surface area contributed by atoms with Crippen LogP contribution in [0.2, 0.25) is 0 Å². The predicted octanol–water partition coefficient (Wildman–Crippen LogP) is 1.26. The zero-order chi connectivity index (χ0) is 25.0. The van der Waals surface area contributed by atoms with E-state index in [9.17, 15) is 24.0 Å². The normalized spacial score (nSPS) is 12.6. The lowest BCUT2D eigenvalue weighted by Gasteiger charge is -2.24. The zero-order valence-corrected chi connectivity index (χ0v) is 19.2. The standard InChI is InChI=1S/C22H31N5O6/c1-13(2)19(25-14(3)28)21(31)27-18(6-5-11-24-22(23)32)20(30)26-17-9-7-16(8-10-17)12-33-15(4)29/h7-11,13,18-19H,5-6,12H2,1-4H3,(H2,23,32)(H,25,28)(H,26,30)(H,27,31)/t18-,19-/m0/s1. The lowest BCUT2D eigenvalue weighted by molar-refractivity contribution is -0.142. The minimum atomic E-state index is -0.965. The quantitative estimate of drug-likeness (QED) is 0.286. The average Bonchev–Trinajstić information content (AvgIpc) is 2.72.